The zero-order valence-corrected chi connectivity index (χ0v) is 12.6. The third-order valence-corrected chi connectivity index (χ3v) is 6.21. The lowest BCUT2D eigenvalue weighted by atomic mass is 9.67. The molecule has 0 aromatic heterocycles. The van der Waals surface area contributed by atoms with E-state index in [-0.39, 0.29) is 6.10 Å². The van der Waals surface area contributed by atoms with Crippen molar-refractivity contribution in [3.63, 3.8) is 0 Å². The molecule has 2 saturated carbocycles. The Bertz CT molecular complexity index is 314. The molecular weight excluding hydrogens is 236 g/mol. The van der Waals surface area contributed by atoms with E-state index < -0.39 is 0 Å². The molecule has 0 aromatic carbocycles. The van der Waals surface area contributed by atoms with Crippen molar-refractivity contribution in [3.8, 4) is 0 Å². The Morgan fingerprint density at radius 1 is 1.11 bits per heavy atom. The van der Waals surface area contributed by atoms with Crippen LogP contribution in [-0.2, 0) is 0 Å². The molecule has 0 bridgehead atoms. The SMILES string of the molecule is CC1CN(C2CC(O)CCC23CCCC3)CCN1C. The molecule has 1 heterocycles. The molecule has 110 valence electrons. The van der Waals surface area contributed by atoms with Gasteiger partial charge < -0.3 is 10.0 Å². The van der Waals surface area contributed by atoms with Gasteiger partial charge in [0.15, 0.2) is 0 Å². The third kappa shape index (κ3) is 2.57. The van der Waals surface area contributed by atoms with Gasteiger partial charge in [-0.05, 0) is 51.5 Å². The molecule has 0 aromatic rings. The van der Waals surface area contributed by atoms with Crippen LogP contribution in [0.3, 0.4) is 0 Å². The molecule has 3 nitrogen and oxygen atoms in total. The number of hydrogen-bond acceptors (Lipinski definition) is 3. The first kappa shape index (κ1) is 13.8. The highest BCUT2D eigenvalue weighted by molar-refractivity contribution is 5.01. The van der Waals surface area contributed by atoms with Gasteiger partial charge in [-0.25, -0.2) is 0 Å². The first-order valence-electron chi connectivity index (χ1n) is 8.23. The molecule has 3 rings (SSSR count). The van der Waals surface area contributed by atoms with E-state index in [2.05, 4.69) is 23.8 Å². The van der Waals surface area contributed by atoms with Crippen LogP contribution in [0, 0.1) is 5.41 Å². The number of hydrogen-bond donors (Lipinski definition) is 1. The maximum atomic E-state index is 10.1. The predicted octanol–water partition coefficient (Wildman–Crippen LogP) is 2.10. The number of aliphatic hydroxyl groups excluding tert-OH is 1. The highest BCUT2D eigenvalue weighted by Gasteiger charge is 2.47. The molecule has 3 atom stereocenters. The Morgan fingerprint density at radius 2 is 1.84 bits per heavy atom. The van der Waals surface area contributed by atoms with Crippen molar-refractivity contribution >= 4 is 0 Å². The normalized spacial score (nSPS) is 40.9. The zero-order valence-electron chi connectivity index (χ0n) is 12.6. The molecule has 2 aliphatic carbocycles. The zero-order chi connectivity index (χ0) is 13.5. The van der Waals surface area contributed by atoms with Crippen molar-refractivity contribution in [2.75, 3.05) is 26.7 Å². The summed E-state index contributed by atoms with van der Waals surface area (Å²) >= 11 is 0. The molecule has 0 radical (unpaired) electrons. The van der Waals surface area contributed by atoms with Crippen LogP contribution in [0.4, 0.5) is 0 Å². The number of aliphatic hydroxyl groups is 1. The third-order valence-electron chi connectivity index (χ3n) is 6.21. The van der Waals surface area contributed by atoms with Crippen LogP contribution < -0.4 is 0 Å². The van der Waals surface area contributed by atoms with Gasteiger partial charge >= 0.3 is 0 Å². The Balaban J connectivity index is 1.75. The molecule has 1 N–H and O–H groups in total. The highest BCUT2D eigenvalue weighted by atomic mass is 16.3. The lowest BCUT2D eigenvalue weighted by molar-refractivity contribution is -0.0493. The Labute approximate surface area is 118 Å². The van der Waals surface area contributed by atoms with Crippen LogP contribution in [0.1, 0.15) is 51.9 Å². The summed E-state index contributed by atoms with van der Waals surface area (Å²) in [5.74, 6) is 0. The lowest BCUT2D eigenvalue weighted by Gasteiger charge is -2.52. The molecular formula is C16H30N2O. The van der Waals surface area contributed by atoms with Gasteiger partial charge in [-0.1, -0.05) is 12.8 Å². The molecule has 1 saturated heterocycles. The van der Waals surface area contributed by atoms with Crippen molar-refractivity contribution in [3.05, 3.63) is 0 Å². The van der Waals surface area contributed by atoms with Gasteiger partial charge in [-0.15, -0.1) is 0 Å². The quantitative estimate of drug-likeness (QED) is 0.787. The maximum Gasteiger partial charge on any atom is 0.0555 e. The van der Waals surface area contributed by atoms with Crippen molar-refractivity contribution in [2.24, 2.45) is 5.41 Å². The highest BCUT2D eigenvalue weighted by Crippen LogP contribution is 2.51. The summed E-state index contributed by atoms with van der Waals surface area (Å²) in [6.45, 7) is 5.91. The molecule has 3 aliphatic rings. The van der Waals surface area contributed by atoms with Gasteiger partial charge in [0.05, 0.1) is 6.10 Å². The molecule has 0 amide bonds. The minimum Gasteiger partial charge on any atom is -0.393 e. The minimum absolute atomic E-state index is 0.0498. The van der Waals surface area contributed by atoms with Crippen LogP contribution in [-0.4, -0.2) is 59.8 Å². The number of nitrogens with zero attached hydrogens (tertiary/aromatic N) is 2. The lowest BCUT2D eigenvalue weighted by Crippen LogP contribution is -2.59. The number of rotatable bonds is 1. The predicted molar refractivity (Wildman–Crippen MR) is 78.2 cm³/mol. The first-order chi connectivity index (χ1) is 9.11. The Hall–Kier alpha value is -0.120. The topological polar surface area (TPSA) is 26.7 Å². The number of piperazine rings is 1. The van der Waals surface area contributed by atoms with E-state index in [1.54, 1.807) is 0 Å². The Kier molecular flexibility index (Phi) is 3.89. The largest absolute Gasteiger partial charge is 0.393 e. The summed E-state index contributed by atoms with van der Waals surface area (Å²) in [5, 5.41) is 10.1. The minimum atomic E-state index is -0.0498. The molecule has 19 heavy (non-hydrogen) atoms. The van der Waals surface area contributed by atoms with E-state index in [1.165, 1.54) is 51.7 Å². The summed E-state index contributed by atoms with van der Waals surface area (Å²) in [6, 6.07) is 1.31. The standard InChI is InChI=1S/C16H30N2O/c1-13-12-18(10-9-17(13)2)15-11-14(19)5-8-16(15)6-3-4-7-16/h13-15,19H,3-12H2,1-2H3. The van der Waals surface area contributed by atoms with Crippen molar-refractivity contribution in [2.45, 2.75) is 70.1 Å². The summed E-state index contributed by atoms with van der Waals surface area (Å²) in [6.07, 6.45) is 8.92. The second-order valence-corrected chi connectivity index (χ2v) is 7.34. The maximum absolute atomic E-state index is 10.1. The van der Waals surface area contributed by atoms with E-state index in [1.807, 2.05) is 0 Å². The van der Waals surface area contributed by atoms with Gasteiger partial charge in [-0.2, -0.15) is 0 Å². The molecule has 3 heteroatoms. The van der Waals surface area contributed by atoms with Crippen LogP contribution >= 0.6 is 0 Å². The second kappa shape index (κ2) is 5.34. The van der Waals surface area contributed by atoms with Gasteiger partial charge in [0.25, 0.3) is 0 Å². The van der Waals surface area contributed by atoms with Crippen LogP contribution in [0.5, 0.6) is 0 Å². The van der Waals surface area contributed by atoms with Crippen molar-refractivity contribution in [1.82, 2.24) is 9.80 Å². The van der Waals surface area contributed by atoms with Crippen LogP contribution in [0.15, 0.2) is 0 Å². The fourth-order valence-corrected chi connectivity index (χ4v) is 4.80. The smallest absolute Gasteiger partial charge is 0.0555 e. The molecule has 1 spiro atoms. The van der Waals surface area contributed by atoms with E-state index >= 15 is 0 Å². The van der Waals surface area contributed by atoms with E-state index in [0.29, 0.717) is 17.5 Å². The summed E-state index contributed by atoms with van der Waals surface area (Å²) in [7, 11) is 2.24. The van der Waals surface area contributed by atoms with E-state index in [4.69, 9.17) is 0 Å². The second-order valence-electron chi connectivity index (χ2n) is 7.34. The fourth-order valence-electron chi connectivity index (χ4n) is 4.80. The van der Waals surface area contributed by atoms with Gasteiger partial charge in [0.1, 0.15) is 0 Å². The van der Waals surface area contributed by atoms with Crippen molar-refractivity contribution in [1.29, 1.82) is 0 Å². The van der Waals surface area contributed by atoms with Gasteiger partial charge in [0.2, 0.25) is 0 Å². The van der Waals surface area contributed by atoms with Gasteiger partial charge in [-0.3, -0.25) is 4.90 Å². The van der Waals surface area contributed by atoms with Crippen molar-refractivity contribution < 1.29 is 5.11 Å². The average Bonchev–Trinajstić information content (AvgIpc) is 2.86. The van der Waals surface area contributed by atoms with E-state index in [9.17, 15) is 5.11 Å². The molecule has 3 unspecified atom stereocenters. The van der Waals surface area contributed by atoms with Gasteiger partial charge in [0, 0.05) is 31.7 Å². The van der Waals surface area contributed by atoms with Crippen LogP contribution in [0.2, 0.25) is 0 Å². The fraction of sp³-hybridized carbons (Fsp3) is 1.00. The summed E-state index contributed by atoms with van der Waals surface area (Å²) in [5.41, 5.74) is 0.550. The van der Waals surface area contributed by atoms with Crippen LogP contribution in [0.25, 0.3) is 0 Å². The average molecular weight is 266 g/mol. The summed E-state index contributed by atoms with van der Waals surface area (Å²) < 4.78 is 0. The number of likely N-dealkylation sites (N-methyl/N-ethyl adjacent to an activating group) is 1. The molecule has 3 fully saturated rings. The monoisotopic (exact) mass is 266 g/mol. The Morgan fingerprint density at radius 3 is 2.53 bits per heavy atom. The van der Waals surface area contributed by atoms with E-state index in [0.717, 1.165) is 12.8 Å². The first-order valence-corrected chi connectivity index (χ1v) is 8.23. The summed E-state index contributed by atoms with van der Waals surface area (Å²) in [4.78, 5) is 5.19. The molecule has 1 aliphatic heterocycles.